The number of nitrogens with one attached hydrogen (secondary N) is 2. The van der Waals surface area contributed by atoms with E-state index in [1.54, 1.807) is 0 Å². The van der Waals surface area contributed by atoms with E-state index in [0.717, 1.165) is 97.5 Å². The first-order valence-electron chi connectivity index (χ1n) is 15.5. The lowest BCUT2D eigenvalue weighted by Crippen LogP contribution is -2.41. The Morgan fingerprint density at radius 1 is 0.459 bits per heavy atom. The Morgan fingerprint density at radius 2 is 0.946 bits per heavy atom. The van der Waals surface area contributed by atoms with Crippen molar-refractivity contribution in [3.8, 4) is 0 Å². The van der Waals surface area contributed by atoms with E-state index in [4.69, 9.17) is 22.9 Å². The van der Waals surface area contributed by atoms with Gasteiger partial charge in [0.05, 0.1) is 0 Å². The summed E-state index contributed by atoms with van der Waals surface area (Å²) < 4.78 is 0. The fourth-order valence-electron chi connectivity index (χ4n) is 4.96. The maximum Gasteiger partial charge on any atom is 0.0107 e. The molecule has 0 spiro atoms. The molecule has 0 bridgehead atoms. The third-order valence-electron chi connectivity index (χ3n) is 7.18. The second-order valence-electron chi connectivity index (χ2n) is 10.5. The first kappa shape index (κ1) is 36.6. The van der Waals surface area contributed by atoms with E-state index >= 15 is 0 Å². The van der Waals surface area contributed by atoms with Crippen LogP contribution in [0.5, 0.6) is 0 Å². The van der Waals surface area contributed by atoms with Gasteiger partial charge in [-0.1, -0.05) is 46.0 Å². The fraction of sp³-hybridized carbons (Fsp3) is 1.00. The van der Waals surface area contributed by atoms with Gasteiger partial charge < -0.3 is 48.3 Å². The predicted octanol–water partition coefficient (Wildman–Crippen LogP) is 0.683. The minimum atomic E-state index is 0.695. The first-order chi connectivity index (χ1) is 18.1. The topological polar surface area (TPSA) is 138 Å². The van der Waals surface area contributed by atoms with Crippen LogP contribution in [0.2, 0.25) is 0 Å². The third-order valence-corrected chi connectivity index (χ3v) is 7.18. The number of nitrogens with zero attached hydrogens (tertiary/aromatic N) is 3. The van der Waals surface area contributed by atoms with Crippen LogP contribution in [0, 0.1) is 5.92 Å². The van der Waals surface area contributed by atoms with Crippen LogP contribution in [-0.4, -0.2) is 126 Å². The molecule has 0 aliphatic heterocycles. The maximum absolute atomic E-state index is 5.84. The SMILES string of the molecule is CCCCCCC(CCN(CCN)CCN)CCN(CCNCCN)CCNCCN(CCC)CCN. The van der Waals surface area contributed by atoms with Gasteiger partial charge in [-0.2, -0.15) is 0 Å². The highest BCUT2D eigenvalue weighted by atomic mass is 15.2. The normalized spacial score (nSPS) is 12.9. The molecule has 0 amide bonds. The van der Waals surface area contributed by atoms with Crippen LogP contribution in [0.4, 0.5) is 0 Å². The maximum atomic E-state index is 5.84. The minimum absolute atomic E-state index is 0.695. The summed E-state index contributed by atoms with van der Waals surface area (Å²) in [5.74, 6) is 0.765. The van der Waals surface area contributed by atoms with Crippen LogP contribution in [0.1, 0.15) is 65.2 Å². The zero-order valence-corrected chi connectivity index (χ0v) is 24.9. The summed E-state index contributed by atoms with van der Waals surface area (Å²) in [5.41, 5.74) is 23.1. The van der Waals surface area contributed by atoms with Gasteiger partial charge in [0.25, 0.3) is 0 Å². The molecular formula is C28H67N9. The highest BCUT2D eigenvalue weighted by Crippen LogP contribution is 2.19. The van der Waals surface area contributed by atoms with Gasteiger partial charge in [0.2, 0.25) is 0 Å². The summed E-state index contributed by atoms with van der Waals surface area (Å²) in [4.78, 5) is 7.55. The molecule has 0 aliphatic rings. The Kier molecular flexibility index (Phi) is 28.4. The van der Waals surface area contributed by atoms with Crippen LogP contribution in [-0.2, 0) is 0 Å². The van der Waals surface area contributed by atoms with Crippen LogP contribution >= 0.6 is 0 Å². The zero-order valence-electron chi connectivity index (χ0n) is 24.9. The van der Waals surface area contributed by atoms with E-state index in [2.05, 4.69) is 39.2 Å². The molecule has 0 aliphatic carbocycles. The molecule has 0 aromatic heterocycles. The molecule has 0 aromatic rings. The zero-order chi connectivity index (χ0) is 27.4. The van der Waals surface area contributed by atoms with Crippen LogP contribution in [0.25, 0.3) is 0 Å². The average molecular weight is 530 g/mol. The molecule has 0 radical (unpaired) electrons. The Balaban J connectivity index is 4.75. The summed E-state index contributed by atoms with van der Waals surface area (Å²) in [6.07, 6.45) is 10.4. The van der Waals surface area contributed by atoms with Crippen LogP contribution in [0.3, 0.4) is 0 Å². The molecule has 0 heterocycles. The number of hydrogen-bond donors (Lipinski definition) is 6. The average Bonchev–Trinajstić information content (AvgIpc) is 2.89. The summed E-state index contributed by atoms with van der Waals surface area (Å²) >= 11 is 0. The number of hydrogen-bond acceptors (Lipinski definition) is 9. The fourth-order valence-corrected chi connectivity index (χ4v) is 4.96. The van der Waals surface area contributed by atoms with Crippen molar-refractivity contribution >= 4 is 0 Å². The van der Waals surface area contributed by atoms with E-state index in [1.165, 1.54) is 51.4 Å². The molecule has 37 heavy (non-hydrogen) atoms. The van der Waals surface area contributed by atoms with E-state index in [0.29, 0.717) is 19.6 Å². The molecule has 1 atom stereocenters. The summed E-state index contributed by atoms with van der Waals surface area (Å²) in [6.45, 7) is 20.8. The Labute approximate surface area is 230 Å². The number of nitrogens with two attached hydrogens (primary N) is 4. The quantitative estimate of drug-likeness (QED) is 0.0742. The van der Waals surface area contributed by atoms with Crippen molar-refractivity contribution in [3.63, 3.8) is 0 Å². The van der Waals surface area contributed by atoms with Crippen molar-refractivity contribution < 1.29 is 0 Å². The second kappa shape index (κ2) is 28.6. The van der Waals surface area contributed by atoms with Gasteiger partial charge in [0, 0.05) is 91.6 Å². The summed E-state index contributed by atoms with van der Waals surface area (Å²) in [7, 11) is 0. The molecule has 0 saturated carbocycles. The van der Waals surface area contributed by atoms with Crippen molar-refractivity contribution in [2.45, 2.75) is 65.2 Å². The Bertz CT molecular complexity index is 430. The molecule has 9 heteroatoms. The van der Waals surface area contributed by atoms with Crippen LogP contribution in [0.15, 0.2) is 0 Å². The second-order valence-corrected chi connectivity index (χ2v) is 10.5. The van der Waals surface area contributed by atoms with Gasteiger partial charge in [-0.3, -0.25) is 0 Å². The van der Waals surface area contributed by atoms with Crippen molar-refractivity contribution in [2.75, 3.05) is 111 Å². The molecule has 1 unspecified atom stereocenters. The van der Waals surface area contributed by atoms with E-state index in [1.807, 2.05) is 0 Å². The Morgan fingerprint density at radius 3 is 1.41 bits per heavy atom. The van der Waals surface area contributed by atoms with Crippen molar-refractivity contribution in [2.24, 2.45) is 28.9 Å². The third kappa shape index (κ3) is 23.3. The molecule has 9 nitrogen and oxygen atoms in total. The Hall–Kier alpha value is -0.360. The van der Waals surface area contributed by atoms with Crippen molar-refractivity contribution in [1.82, 2.24) is 25.3 Å². The van der Waals surface area contributed by atoms with Crippen molar-refractivity contribution in [3.05, 3.63) is 0 Å². The lowest BCUT2D eigenvalue weighted by molar-refractivity contribution is 0.218. The van der Waals surface area contributed by atoms with E-state index in [9.17, 15) is 0 Å². The highest BCUT2D eigenvalue weighted by molar-refractivity contribution is 4.70. The summed E-state index contributed by atoms with van der Waals surface area (Å²) in [6, 6.07) is 0. The molecule has 0 fully saturated rings. The monoisotopic (exact) mass is 530 g/mol. The first-order valence-corrected chi connectivity index (χ1v) is 15.5. The van der Waals surface area contributed by atoms with E-state index in [-0.39, 0.29) is 0 Å². The van der Waals surface area contributed by atoms with Gasteiger partial charge in [0.1, 0.15) is 0 Å². The highest BCUT2D eigenvalue weighted by Gasteiger charge is 2.14. The minimum Gasteiger partial charge on any atom is -0.329 e. The van der Waals surface area contributed by atoms with Crippen LogP contribution < -0.4 is 33.6 Å². The van der Waals surface area contributed by atoms with Gasteiger partial charge in [-0.25, -0.2) is 0 Å². The smallest absolute Gasteiger partial charge is 0.0107 e. The van der Waals surface area contributed by atoms with Crippen molar-refractivity contribution in [1.29, 1.82) is 0 Å². The molecule has 224 valence electrons. The lowest BCUT2D eigenvalue weighted by Gasteiger charge is -2.28. The summed E-state index contributed by atoms with van der Waals surface area (Å²) in [5, 5.41) is 7.15. The van der Waals surface area contributed by atoms with E-state index < -0.39 is 0 Å². The molecule has 10 N–H and O–H groups in total. The van der Waals surface area contributed by atoms with Gasteiger partial charge >= 0.3 is 0 Å². The standard InChI is InChI=1S/C28H67N9/c1-3-5-6-7-8-28(9-20-36(23-13-31)24-14-32)10-21-37(26-16-33-15-11-29)27-18-34-17-25-35(19-4-2)22-12-30/h28,33-34H,3-27,29-32H2,1-2H3. The molecule has 0 aromatic carbocycles. The largest absolute Gasteiger partial charge is 0.329 e. The van der Waals surface area contributed by atoms with Gasteiger partial charge in [-0.05, 0) is 44.8 Å². The van der Waals surface area contributed by atoms with Gasteiger partial charge in [-0.15, -0.1) is 0 Å². The molecular weight excluding hydrogens is 462 g/mol. The van der Waals surface area contributed by atoms with Gasteiger partial charge in [0.15, 0.2) is 0 Å². The number of unbranched alkanes of at least 4 members (excludes halogenated alkanes) is 3. The molecule has 0 rings (SSSR count). The predicted molar refractivity (Wildman–Crippen MR) is 163 cm³/mol. The number of rotatable bonds is 30. The lowest BCUT2D eigenvalue weighted by atomic mass is 9.93. The molecule has 0 saturated heterocycles.